The molecule has 9 heteroatoms. The molecule has 0 aliphatic heterocycles. The Morgan fingerprint density at radius 2 is 2.00 bits per heavy atom. The quantitative estimate of drug-likeness (QED) is 0.339. The Hall–Kier alpha value is -3.33. The van der Waals surface area contributed by atoms with Crippen LogP contribution >= 0.6 is 12.2 Å². The second-order valence-corrected chi connectivity index (χ2v) is 5.61. The van der Waals surface area contributed by atoms with Crippen LogP contribution in [-0.2, 0) is 4.79 Å². The lowest BCUT2D eigenvalue weighted by molar-refractivity contribution is -0.384. The van der Waals surface area contributed by atoms with Crippen LogP contribution in [-0.4, -0.2) is 22.5 Å². The Morgan fingerprint density at radius 3 is 2.63 bits per heavy atom. The molecule has 0 unspecified atom stereocenters. The highest BCUT2D eigenvalue weighted by molar-refractivity contribution is 7.80. The predicted octanol–water partition coefficient (Wildman–Crippen LogP) is 3.66. The van der Waals surface area contributed by atoms with Gasteiger partial charge in [0, 0.05) is 6.08 Å². The standard InChI is InChI=1S/C18H16FN3O4S/c1-2-26-14-8-9-15(16(11-14)22(24)25)20-18(27)21-17(23)10-5-12-3-6-13(19)7-4-12/h3-11H,2H2,1H3,(H2,20,21,23,27). The number of carbonyl (C=O) groups excluding carboxylic acids is 1. The van der Waals surface area contributed by atoms with Crippen LogP contribution < -0.4 is 15.4 Å². The number of nitrogens with zero attached hydrogens (tertiary/aromatic N) is 1. The topological polar surface area (TPSA) is 93.5 Å². The monoisotopic (exact) mass is 389 g/mol. The number of hydrogen-bond donors (Lipinski definition) is 2. The van der Waals surface area contributed by atoms with Gasteiger partial charge >= 0.3 is 0 Å². The molecule has 0 aromatic heterocycles. The Morgan fingerprint density at radius 1 is 1.30 bits per heavy atom. The number of nitrogens with one attached hydrogen (secondary N) is 2. The van der Waals surface area contributed by atoms with E-state index in [0.29, 0.717) is 17.9 Å². The Bertz CT molecular complexity index is 885. The molecule has 0 heterocycles. The van der Waals surface area contributed by atoms with Crippen molar-refractivity contribution in [2.24, 2.45) is 0 Å². The Labute approximate surface area is 160 Å². The smallest absolute Gasteiger partial charge is 0.296 e. The highest BCUT2D eigenvalue weighted by Crippen LogP contribution is 2.29. The van der Waals surface area contributed by atoms with Gasteiger partial charge in [-0.3, -0.25) is 20.2 Å². The van der Waals surface area contributed by atoms with Crippen LogP contribution in [0.2, 0.25) is 0 Å². The Kier molecular flexibility index (Phi) is 6.95. The molecule has 7 nitrogen and oxygen atoms in total. The summed E-state index contributed by atoms with van der Waals surface area (Å²) >= 11 is 5.01. The van der Waals surface area contributed by atoms with E-state index >= 15 is 0 Å². The molecule has 2 aromatic carbocycles. The number of halogens is 1. The molecule has 27 heavy (non-hydrogen) atoms. The van der Waals surface area contributed by atoms with Gasteiger partial charge in [-0.25, -0.2) is 4.39 Å². The average molecular weight is 389 g/mol. The molecule has 140 valence electrons. The highest BCUT2D eigenvalue weighted by Gasteiger charge is 2.16. The molecular formula is C18H16FN3O4S. The number of thiocarbonyl (C=S) groups is 1. The first-order valence-electron chi connectivity index (χ1n) is 7.86. The van der Waals surface area contributed by atoms with Crippen LogP contribution in [0.25, 0.3) is 6.08 Å². The van der Waals surface area contributed by atoms with E-state index in [1.807, 2.05) is 0 Å². The second-order valence-electron chi connectivity index (χ2n) is 5.20. The lowest BCUT2D eigenvalue weighted by Crippen LogP contribution is -2.33. The lowest BCUT2D eigenvalue weighted by Gasteiger charge is -2.10. The molecule has 0 bridgehead atoms. The fourth-order valence-electron chi connectivity index (χ4n) is 2.08. The van der Waals surface area contributed by atoms with E-state index in [-0.39, 0.29) is 22.3 Å². The molecule has 0 radical (unpaired) electrons. The summed E-state index contributed by atoms with van der Waals surface area (Å²) in [4.78, 5) is 22.5. The molecule has 0 atom stereocenters. The van der Waals surface area contributed by atoms with Crippen LogP contribution in [0.1, 0.15) is 12.5 Å². The van der Waals surface area contributed by atoms with Gasteiger partial charge in [-0.05, 0) is 55.0 Å². The number of nitro groups is 1. The van der Waals surface area contributed by atoms with Crippen LogP contribution in [0.5, 0.6) is 5.75 Å². The molecule has 2 N–H and O–H groups in total. The molecule has 1 amide bonds. The zero-order chi connectivity index (χ0) is 19.8. The number of carbonyl (C=O) groups is 1. The Balaban J connectivity index is 2.01. The van der Waals surface area contributed by atoms with Gasteiger partial charge in [-0.15, -0.1) is 0 Å². The summed E-state index contributed by atoms with van der Waals surface area (Å²) in [6.45, 7) is 2.14. The first-order valence-corrected chi connectivity index (χ1v) is 8.26. The van der Waals surface area contributed by atoms with E-state index in [1.165, 1.54) is 48.6 Å². The van der Waals surface area contributed by atoms with E-state index in [1.54, 1.807) is 13.0 Å². The first kappa shape index (κ1) is 20.0. The van der Waals surface area contributed by atoms with Gasteiger partial charge in [0.15, 0.2) is 5.11 Å². The van der Waals surface area contributed by atoms with Crippen molar-refractivity contribution in [3.63, 3.8) is 0 Å². The zero-order valence-corrected chi connectivity index (χ0v) is 15.1. The zero-order valence-electron chi connectivity index (χ0n) is 14.3. The van der Waals surface area contributed by atoms with Crippen molar-refractivity contribution >= 4 is 40.7 Å². The summed E-state index contributed by atoms with van der Waals surface area (Å²) in [6.07, 6.45) is 2.70. The largest absolute Gasteiger partial charge is 0.494 e. The number of amides is 1. The van der Waals surface area contributed by atoms with Crippen molar-refractivity contribution in [3.05, 3.63) is 70.0 Å². The molecule has 2 rings (SSSR count). The van der Waals surface area contributed by atoms with Gasteiger partial charge in [0.2, 0.25) is 5.91 Å². The summed E-state index contributed by atoms with van der Waals surface area (Å²) in [5, 5.41) is 16.1. The maximum Gasteiger partial charge on any atom is 0.296 e. The number of hydrogen-bond acceptors (Lipinski definition) is 5. The summed E-state index contributed by atoms with van der Waals surface area (Å²) < 4.78 is 18.1. The molecule has 0 aliphatic carbocycles. The molecule has 0 aliphatic rings. The fraction of sp³-hybridized carbons (Fsp3) is 0.111. The van der Waals surface area contributed by atoms with Gasteiger partial charge in [-0.1, -0.05) is 12.1 Å². The third-order valence-corrected chi connectivity index (χ3v) is 3.46. The van der Waals surface area contributed by atoms with E-state index in [9.17, 15) is 19.3 Å². The minimum absolute atomic E-state index is 0.101. The van der Waals surface area contributed by atoms with Gasteiger partial charge in [0.05, 0.1) is 17.6 Å². The van der Waals surface area contributed by atoms with E-state index in [4.69, 9.17) is 17.0 Å². The number of nitro benzene ring substituents is 1. The van der Waals surface area contributed by atoms with Crippen LogP contribution in [0.4, 0.5) is 15.8 Å². The van der Waals surface area contributed by atoms with Crippen molar-refractivity contribution in [2.75, 3.05) is 11.9 Å². The summed E-state index contributed by atoms with van der Waals surface area (Å²) in [6, 6.07) is 9.83. The molecule has 0 saturated carbocycles. The van der Waals surface area contributed by atoms with Crippen LogP contribution in [0, 0.1) is 15.9 Å². The number of rotatable bonds is 6. The normalized spacial score (nSPS) is 10.4. The molecule has 2 aromatic rings. The van der Waals surface area contributed by atoms with Crippen molar-refractivity contribution in [1.82, 2.24) is 5.32 Å². The molecule has 0 fully saturated rings. The summed E-state index contributed by atoms with van der Waals surface area (Å²) in [7, 11) is 0. The van der Waals surface area contributed by atoms with Crippen molar-refractivity contribution in [3.8, 4) is 5.75 Å². The van der Waals surface area contributed by atoms with Crippen LogP contribution in [0.3, 0.4) is 0 Å². The third kappa shape index (κ3) is 6.15. The predicted molar refractivity (Wildman–Crippen MR) is 104 cm³/mol. The van der Waals surface area contributed by atoms with Gasteiger partial charge < -0.3 is 10.1 Å². The van der Waals surface area contributed by atoms with Gasteiger partial charge in [0.25, 0.3) is 5.69 Å². The second kappa shape index (κ2) is 9.39. The lowest BCUT2D eigenvalue weighted by atomic mass is 10.2. The molecular weight excluding hydrogens is 373 g/mol. The summed E-state index contributed by atoms with van der Waals surface area (Å²) in [5.74, 6) is -0.559. The fourth-order valence-corrected chi connectivity index (χ4v) is 2.29. The van der Waals surface area contributed by atoms with Crippen molar-refractivity contribution in [2.45, 2.75) is 6.92 Å². The van der Waals surface area contributed by atoms with Crippen molar-refractivity contribution in [1.29, 1.82) is 0 Å². The van der Waals surface area contributed by atoms with E-state index in [0.717, 1.165) is 0 Å². The van der Waals surface area contributed by atoms with Crippen LogP contribution in [0.15, 0.2) is 48.5 Å². The maximum atomic E-state index is 12.8. The van der Waals surface area contributed by atoms with Gasteiger partial charge in [0.1, 0.15) is 17.3 Å². The number of anilines is 1. The first-order chi connectivity index (χ1) is 12.9. The summed E-state index contributed by atoms with van der Waals surface area (Å²) in [5.41, 5.74) is 0.517. The molecule has 0 spiro atoms. The highest BCUT2D eigenvalue weighted by atomic mass is 32.1. The minimum atomic E-state index is -0.580. The maximum absolute atomic E-state index is 12.8. The van der Waals surface area contributed by atoms with E-state index < -0.39 is 10.8 Å². The van der Waals surface area contributed by atoms with Crippen molar-refractivity contribution < 1.29 is 18.8 Å². The average Bonchev–Trinajstić information content (AvgIpc) is 2.62. The molecule has 0 saturated heterocycles. The number of benzene rings is 2. The van der Waals surface area contributed by atoms with Gasteiger partial charge in [-0.2, -0.15) is 0 Å². The van der Waals surface area contributed by atoms with E-state index in [2.05, 4.69) is 10.6 Å². The third-order valence-electron chi connectivity index (χ3n) is 3.26. The SMILES string of the molecule is CCOc1ccc(NC(=S)NC(=O)C=Cc2ccc(F)cc2)c([N+](=O)[O-])c1. The number of ether oxygens (including phenoxy) is 1. The minimum Gasteiger partial charge on any atom is -0.494 e.